The van der Waals surface area contributed by atoms with Crippen molar-refractivity contribution in [2.24, 2.45) is 0 Å². The van der Waals surface area contributed by atoms with Gasteiger partial charge in [0.2, 0.25) is 0 Å². The first-order valence-corrected chi connectivity index (χ1v) is 6.43. The van der Waals surface area contributed by atoms with Crippen molar-refractivity contribution in [2.45, 2.75) is 38.3 Å². The predicted octanol–water partition coefficient (Wildman–Crippen LogP) is 2.59. The Hall–Kier alpha value is -1.62. The van der Waals surface area contributed by atoms with Crippen molar-refractivity contribution >= 4 is 11.7 Å². The Labute approximate surface area is 112 Å². The predicted molar refractivity (Wildman–Crippen MR) is 71.4 cm³/mol. The third kappa shape index (κ3) is 3.23. The second-order valence-corrected chi connectivity index (χ2v) is 5.45. The summed E-state index contributed by atoms with van der Waals surface area (Å²) in [4.78, 5) is 13.8. The number of aliphatic hydroxyl groups is 1. The SMILES string of the molecule is CC(C)(O)C1CCCN1C(=O)Nc1cccc(F)c1. The average Bonchev–Trinajstić information content (AvgIpc) is 2.77. The van der Waals surface area contributed by atoms with Gasteiger partial charge in [-0.3, -0.25) is 0 Å². The van der Waals surface area contributed by atoms with E-state index in [4.69, 9.17) is 0 Å². The molecule has 0 spiro atoms. The van der Waals surface area contributed by atoms with Gasteiger partial charge in [0.15, 0.2) is 0 Å². The quantitative estimate of drug-likeness (QED) is 0.864. The summed E-state index contributed by atoms with van der Waals surface area (Å²) in [5, 5.41) is 12.7. The molecule has 4 nitrogen and oxygen atoms in total. The van der Waals surface area contributed by atoms with Crippen LogP contribution in [0.2, 0.25) is 0 Å². The van der Waals surface area contributed by atoms with E-state index < -0.39 is 11.4 Å². The van der Waals surface area contributed by atoms with Crippen LogP contribution in [-0.2, 0) is 0 Å². The van der Waals surface area contributed by atoms with Gasteiger partial charge in [-0.2, -0.15) is 0 Å². The van der Waals surface area contributed by atoms with E-state index in [0.29, 0.717) is 12.2 Å². The summed E-state index contributed by atoms with van der Waals surface area (Å²) in [7, 11) is 0. The normalized spacial score (nSPS) is 19.6. The summed E-state index contributed by atoms with van der Waals surface area (Å²) in [6.07, 6.45) is 1.64. The van der Waals surface area contributed by atoms with E-state index in [9.17, 15) is 14.3 Å². The Bertz CT molecular complexity index is 471. The Morgan fingerprint density at radius 3 is 2.89 bits per heavy atom. The van der Waals surface area contributed by atoms with E-state index in [0.717, 1.165) is 12.8 Å². The minimum absolute atomic E-state index is 0.207. The summed E-state index contributed by atoms with van der Waals surface area (Å²) >= 11 is 0. The van der Waals surface area contributed by atoms with Crippen molar-refractivity contribution < 1.29 is 14.3 Å². The van der Waals surface area contributed by atoms with Gasteiger partial charge in [-0.15, -0.1) is 0 Å². The van der Waals surface area contributed by atoms with E-state index in [-0.39, 0.29) is 12.1 Å². The van der Waals surface area contributed by atoms with Gasteiger partial charge in [-0.25, -0.2) is 9.18 Å². The molecule has 1 atom stereocenters. The van der Waals surface area contributed by atoms with Crippen molar-refractivity contribution in [2.75, 3.05) is 11.9 Å². The number of nitrogens with zero attached hydrogens (tertiary/aromatic N) is 1. The summed E-state index contributed by atoms with van der Waals surface area (Å²) in [6.45, 7) is 4.01. The van der Waals surface area contributed by atoms with E-state index in [1.165, 1.54) is 12.1 Å². The largest absolute Gasteiger partial charge is 0.388 e. The molecular weight excluding hydrogens is 247 g/mol. The smallest absolute Gasteiger partial charge is 0.322 e. The van der Waals surface area contributed by atoms with Crippen LogP contribution >= 0.6 is 0 Å². The van der Waals surface area contributed by atoms with Crippen molar-refractivity contribution in [3.8, 4) is 0 Å². The van der Waals surface area contributed by atoms with Crippen LogP contribution in [0, 0.1) is 5.82 Å². The third-order valence-corrected chi connectivity index (χ3v) is 3.41. The number of halogens is 1. The van der Waals surface area contributed by atoms with Crippen LogP contribution in [0.3, 0.4) is 0 Å². The number of likely N-dealkylation sites (tertiary alicyclic amines) is 1. The highest BCUT2D eigenvalue weighted by Crippen LogP contribution is 2.27. The fourth-order valence-electron chi connectivity index (χ4n) is 2.51. The average molecular weight is 266 g/mol. The van der Waals surface area contributed by atoms with E-state index in [2.05, 4.69) is 5.32 Å². The van der Waals surface area contributed by atoms with Crippen LogP contribution in [0.25, 0.3) is 0 Å². The number of amides is 2. The monoisotopic (exact) mass is 266 g/mol. The summed E-state index contributed by atoms with van der Waals surface area (Å²) in [5.74, 6) is -0.391. The summed E-state index contributed by atoms with van der Waals surface area (Å²) < 4.78 is 13.1. The van der Waals surface area contributed by atoms with Crippen molar-refractivity contribution in [1.82, 2.24) is 4.90 Å². The van der Waals surface area contributed by atoms with Gasteiger partial charge in [0.1, 0.15) is 5.82 Å². The number of urea groups is 1. The first kappa shape index (κ1) is 13.8. The molecule has 1 aromatic rings. The lowest BCUT2D eigenvalue weighted by Crippen LogP contribution is -2.49. The number of carbonyl (C=O) groups is 1. The molecule has 2 rings (SSSR count). The van der Waals surface area contributed by atoms with Crippen molar-refractivity contribution in [3.63, 3.8) is 0 Å². The van der Waals surface area contributed by atoms with Crippen molar-refractivity contribution in [1.29, 1.82) is 0 Å². The highest BCUT2D eigenvalue weighted by Gasteiger charge is 2.38. The lowest BCUT2D eigenvalue weighted by molar-refractivity contribution is 0.0117. The zero-order chi connectivity index (χ0) is 14.0. The van der Waals surface area contributed by atoms with Gasteiger partial charge in [-0.05, 0) is 44.9 Å². The molecule has 1 heterocycles. The molecule has 5 heteroatoms. The Kier molecular flexibility index (Phi) is 3.75. The zero-order valence-corrected chi connectivity index (χ0v) is 11.2. The molecular formula is C14H19FN2O2. The second kappa shape index (κ2) is 5.17. The Balaban J connectivity index is 2.07. The van der Waals surface area contributed by atoms with Crippen LogP contribution in [0.1, 0.15) is 26.7 Å². The lowest BCUT2D eigenvalue weighted by atomic mass is 9.97. The standard InChI is InChI=1S/C14H19FN2O2/c1-14(2,19)12-7-4-8-17(12)13(18)16-11-6-3-5-10(15)9-11/h3,5-6,9,12,19H,4,7-8H2,1-2H3,(H,16,18). The molecule has 19 heavy (non-hydrogen) atoms. The van der Waals surface area contributed by atoms with Gasteiger partial charge in [-0.1, -0.05) is 6.07 Å². The lowest BCUT2D eigenvalue weighted by Gasteiger charge is -2.33. The molecule has 0 radical (unpaired) electrons. The molecule has 0 saturated carbocycles. The number of nitrogens with one attached hydrogen (secondary N) is 1. The number of rotatable bonds is 2. The maximum atomic E-state index is 13.1. The Morgan fingerprint density at radius 1 is 1.53 bits per heavy atom. The van der Waals surface area contributed by atoms with Crippen molar-refractivity contribution in [3.05, 3.63) is 30.1 Å². The number of hydrogen-bond donors (Lipinski definition) is 2. The van der Waals surface area contributed by atoms with Gasteiger partial charge >= 0.3 is 6.03 Å². The third-order valence-electron chi connectivity index (χ3n) is 3.41. The maximum absolute atomic E-state index is 13.1. The number of hydrogen-bond acceptors (Lipinski definition) is 2. The molecule has 2 amide bonds. The first-order chi connectivity index (χ1) is 8.88. The number of benzene rings is 1. The molecule has 1 saturated heterocycles. The number of anilines is 1. The fourth-order valence-corrected chi connectivity index (χ4v) is 2.51. The first-order valence-electron chi connectivity index (χ1n) is 6.43. The van der Waals surface area contributed by atoms with Crippen LogP contribution in [0.4, 0.5) is 14.9 Å². The van der Waals surface area contributed by atoms with Crippen LogP contribution < -0.4 is 5.32 Å². The summed E-state index contributed by atoms with van der Waals surface area (Å²) in [5.41, 5.74) is -0.512. The molecule has 1 unspecified atom stereocenters. The van der Waals surface area contributed by atoms with E-state index >= 15 is 0 Å². The van der Waals surface area contributed by atoms with Gasteiger partial charge in [0.05, 0.1) is 11.6 Å². The molecule has 0 aliphatic carbocycles. The molecule has 0 bridgehead atoms. The molecule has 0 aromatic heterocycles. The van der Waals surface area contributed by atoms with Gasteiger partial charge < -0.3 is 15.3 Å². The highest BCUT2D eigenvalue weighted by molar-refractivity contribution is 5.89. The van der Waals surface area contributed by atoms with Crippen LogP contribution in [0.15, 0.2) is 24.3 Å². The van der Waals surface area contributed by atoms with Gasteiger partial charge in [0, 0.05) is 12.2 Å². The minimum Gasteiger partial charge on any atom is -0.388 e. The molecule has 1 aliphatic heterocycles. The highest BCUT2D eigenvalue weighted by atomic mass is 19.1. The topological polar surface area (TPSA) is 52.6 Å². The molecule has 1 fully saturated rings. The second-order valence-electron chi connectivity index (χ2n) is 5.45. The zero-order valence-electron chi connectivity index (χ0n) is 11.2. The van der Waals surface area contributed by atoms with Crippen LogP contribution in [-0.4, -0.2) is 34.2 Å². The van der Waals surface area contributed by atoms with E-state index in [1.54, 1.807) is 30.9 Å². The van der Waals surface area contributed by atoms with Crippen LogP contribution in [0.5, 0.6) is 0 Å². The summed E-state index contributed by atoms with van der Waals surface area (Å²) in [6, 6.07) is 5.27. The fraction of sp³-hybridized carbons (Fsp3) is 0.500. The maximum Gasteiger partial charge on any atom is 0.322 e. The number of carbonyl (C=O) groups excluding carboxylic acids is 1. The molecule has 1 aromatic carbocycles. The molecule has 2 N–H and O–H groups in total. The minimum atomic E-state index is -0.935. The van der Waals surface area contributed by atoms with Gasteiger partial charge in [0.25, 0.3) is 0 Å². The molecule has 104 valence electrons. The van der Waals surface area contributed by atoms with E-state index in [1.807, 2.05) is 0 Å². The molecule has 1 aliphatic rings. The Morgan fingerprint density at radius 2 is 2.26 bits per heavy atom.